The van der Waals surface area contributed by atoms with Gasteiger partial charge in [-0.25, -0.2) is 0 Å². The van der Waals surface area contributed by atoms with E-state index in [2.05, 4.69) is 5.32 Å². The Morgan fingerprint density at radius 2 is 1.95 bits per heavy atom. The monoisotopic (exact) mass is 288 g/mol. The molecule has 4 N–H and O–H groups in total. The van der Waals surface area contributed by atoms with Crippen LogP contribution < -0.4 is 11.1 Å². The number of rotatable bonds is 3. The first-order valence-corrected chi connectivity index (χ1v) is 7.95. The van der Waals surface area contributed by atoms with Crippen molar-refractivity contribution < 1.29 is 9.90 Å². The van der Waals surface area contributed by atoms with Crippen molar-refractivity contribution >= 4 is 5.91 Å². The summed E-state index contributed by atoms with van der Waals surface area (Å²) in [5.41, 5.74) is 7.90. The lowest BCUT2D eigenvalue weighted by atomic mass is 9.81. The summed E-state index contributed by atoms with van der Waals surface area (Å²) in [4.78, 5) is 12.5. The van der Waals surface area contributed by atoms with Crippen LogP contribution in [0, 0.1) is 11.8 Å². The van der Waals surface area contributed by atoms with Crippen LogP contribution in [0.15, 0.2) is 24.3 Å². The summed E-state index contributed by atoms with van der Waals surface area (Å²) in [5.74, 6) is 0.742. The molecule has 0 spiro atoms. The molecule has 4 nitrogen and oxygen atoms in total. The molecule has 0 aromatic heterocycles. The normalized spacial score (nSPS) is 31.7. The Labute approximate surface area is 125 Å². The molecule has 0 bridgehead atoms. The second kappa shape index (κ2) is 6.16. The third kappa shape index (κ3) is 2.97. The van der Waals surface area contributed by atoms with Gasteiger partial charge in [-0.15, -0.1) is 0 Å². The molecule has 4 heteroatoms. The van der Waals surface area contributed by atoms with Crippen LogP contribution in [-0.2, 0) is 11.2 Å². The van der Waals surface area contributed by atoms with Gasteiger partial charge in [-0.3, -0.25) is 4.79 Å². The number of fused-ring (bicyclic) bond motifs is 1. The fourth-order valence-electron chi connectivity index (χ4n) is 3.68. The number of hydrogen-bond acceptors (Lipinski definition) is 3. The van der Waals surface area contributed by atoms with Crippen LogP contribution in [0.25, 0.3) is 0 Å². The summed E-state index contributed by atoms with van der Waals surface area (Å²) >= 11 is 0. The summed E-state index contributed by atoms with van der Waals surface area (Å²) in [6.07, 6.45) is 4.03. The molecule has 0 radical (unpaired) electrons. The predicted molar refractivity (Wildman–Crippen MR) is 81.5 cm³/mol. The van der Waals surface area contributed by atoms with Crippen molar-refractivity contribution in [2.75, 3.05) is 6.54 Å². The molecule has 1 aromatic rings. The van der Waals surface area contributed by atoms with Crippen molar-refractivity contribution in [3.8, 4) is 0 Å². The number of carbonyl (C=O) groups is 1. The molecule has 1 aromatic carbocycles. The number of hydrogen-bond donors (Lipinski definition) is 3. The molecule has 114 valence electrons. The van der Waals surface area contributed by atoms with Gasteiger partial charge in [0, 0.05) is 12.3 Å². The molecular weight excluding hydrogens is 264 g/mol. The van der Waals surface area contributed by atoms with Crippen LogP contribution >= 0.6 is 0 Å². The van der Waals surface area contributed by atoms with Crippen LogP contribution in [0.2, 0.25) is 0 Å². The zero-order chi connectivity index (χ0) is 14.8. The molecule has 0 heterocycles. The molecule has 1 fully saturated rings. The highest BCUT2D eigenvalue weighted by Crippen LogP contribution is 2.33. The number of carbonyl (C=O) groups excluding carboxylic acids is 1. The van der Waals surface area contributed by atoms with Gasteiger partial charge >= 0.3 is 0 Å². The zero-order valence-electron chi connectivity index (χ0n) is 12.3. The maximum atomic E-state index is 12.5. The zero-order valence-corrected chi connectivity index (χ0v) is 12.3. The number of nitrogens with two attached hydrogens (primary N) is 1. The lowest BCUT2D eigenvalue weighted by molar-refractivity contribution is -0.127. The van der Waals surface area contributed by atoms with E-state index in [1.807, 2.05) is 24.3 Å². The largest absolute Gasteiger partial charge is 0.390 e. The van der Waals surface area contributed by atoms with E-state index < -0.39 is 6.10 Å². The Hall–Kier alpha value is -1.39. The Bertz CT molecular complexity index is 509. The molecule has 0 saturated heterocycles. The highest BCUT2D eigenvalue weighted by molar-refractivity contribution is 5.79. The van der Waals surface area contributed by atoms with Gasteiger partial charge < -0.3 is 16.2 Å². The molecule has 21 heavy (non-hydrogen) atoms. The van der Waals surface area contributed by atoms with Crippen LogP contribution in [0.5, 0.6) is 0 Å². The lowest BCUT2D eigenvalue weighted by Gasteiger charge is -2.28. The van der Waals surface area contributed by atoms with Gasteiger partial charge in [-0.2, -0.15) is 0 Å². The fraction of sp³-hybridized carbons (Fsp3) is 0.588. The van der Waals surface area contributed by atoms with Crippen LogP contribution in [0.3, 0.4) is 0 Å². The molecule has 2 aliphatic carbocycles. The van der Waals surface area contributed by atoms with Gasteiger partial charge in [0.2, 0.25) is 5.91 Å². The van der Waals surface area contributed by atoms with E-state index in [0.717, 1.165) is 43.4 Å². The Morgan fingerprint density at radius 1 is 1.24 bits per heavy atom. The SMILES string of the molecule is NCC1CCC(C(=O)N[C@H]2c3ccccc3C[C@H]2O)CC1. The number of benzene rings is 1. The quantitative estimate of drug-likeness (QED) is 0.789. The summed E-state index contributed by atoms with van der Waals surface area (Å²) in [5, 5.41) is 13.3. The molecule has 3 rings (SSSR count). The first kappa shape index (κ1) is 14.5. The van der Waals surface area contributed by atoms with Crippen LogP contribution in [-0.4, -0.2) is 23.7 Å². The van der Waals surface area contributed by atoms with E-state index in [0.29, 0.717) is 12.3 Å². The molecule has 1 amide bonds. The average molecular weight is 288 g/mol. The van der Waals surface area contributed by atoms with E-state index in [9.17, 15) is 9.90 Å². The first-order valence-electron chi connectivity index (χ1n) is 7.95. The lowest BCUT2D eigenvalue weighted by Crippen LogP contribution is -2.39. The average Bonchev–Trinajstić information content (AvgIpc) is 2.83. The van der Waals surface area contributed by atoms with Gasteiger partial charge in [0.25, 0.3) is 0 Å². The molecule has 0 aliphatic heterocycles. The molecule has 1 saturated carbocycles. The van der Waals surface area contributed by atoms with E-state index >= 15 is 0 Å². The second-order valence-corrected chi connectivity index (χ2v) is 6.41. The first-order chi connectivity index (χ1) is 10.2. The Balaban J connectivity index is 1.63. The smallest absolute Gasteiger partial charge is 0.223 e. The van der Waals surface area contributed by atoms with Crippen molar-refractivity contribution in [1.29, 1.82) is 0 Å². The van der Waals surface area contributed by atoms with Gasteiger partial charge in [0.15, 0.2) is 0 Å². The van der Waals surface area contributed by atoms with E-state index in [-0.39, 0.29) is 17.9 Å². The molecule has 2 atom stereocenters. The summed E-state index contributed by atoms with van der Waals surface area (Å²) in [7, 11) is 0. The third-order valence-corrected chi connectivity index (χ3v) is 5.05. The maximum Gasteiger partial charge on any atom is 0.223 e. The maximum absolute atomic E-state index is 12.5. The van der Waals surface area contributed by atoms with Crippen LogP contribution in [0.4, 0.5) is 0 Å². The van der Waals surface area contributed by atoms with Gasteiger partial charge in [0.1, 0.15) is 0 Å². The highest BCUT2D eigenvalue weighted by Gasteiger charge is 2.34. The number of aliphatic hydroxyl groups is 1. The minimum Gasteiger partial charge on any atom is -0.390 e. The topological polar surface area (TPSA) is 75.4 Å². The van der Waals surface area contributed by atoms with Crippen molar-refractivity contribution in [1.82, 2.24) is 5.32 Å². The number of amides is 1. The van der Waals surface area contributed by atoms with Gasteiger partial charge in [0.05, 0.1) is 12.1 Å². The minimum atomic E-state index is -0.508. The van der Waals surface area contributed by atoms with Gasteiger partial charge in [-0.1, -0.05) is 24.3 Å². The molecular formula is C17H24N2O2. The minimum absolute atomic E-state index is 0.0766. The van der Waals surface area contributed by atoms with Gasteiger partial charge in [-0.05, 0) is 49.3 Å². The summed E-state index contributed by atoms with van der Waals surface area (Å²) in [6, 6.07) is 7.71. The van der Waals surface area contributed by atoms with Crippen molar-refractivity contribution in [2.45, 2.75) is 44.2 Å². The fourth-order valence-corrected chi connectivity index (χ4v) is 3.68. The Kier molecular flexibility index (Phi) is 4.27. The number of aliphatic hydroxyl groups excluding tert-OH is 1. The third-order valence-electron chi connectivity index (χ3n) is 5.05. The second-order valence-electron chi connectivity index (χ2n) is 6.41. The Morgan fingerprint density at radius 3 is 2.67 bits per heavy atom. The summed E-state index contributed by atoms with van der Waals surface area (Å²) in [6.45, 7) is 0.725. The van der Waals surface area contributed by atoms with E-state index in [4.69, 9.17) is 5.73 Å². The van der Waals surface area contributed by atoms with Crippen LogP contribution in [0.1, 0.15) is 42.9 Å². The summed E-state index contributed by atoms with van der Waals surface area (Å²) < 4.78 is 0. The van der Waals surface area contributed by atoms with Crippen molar-refractivity contribution in [3.63, 3.8) is 0 Å². The standard InChI is InChI=1S/C17H24N2O2/c18-10-11-5-7-12(8-6-11)17(21)19-16-14-4-2-1-3-13(14)9-15(16)20/h1-4,11-12,15-16,20H,5-10,18H2,(H,19,21)/t11?,12?,15-,16+/m1/s1. The van der Waals surface area contributed by atoms with E-state index in [1.165, 1.54) is 0 Å². The van der Waals surface area contributed by atoms with E-state index in [1.54, 1.807) is 0 Å². The molecule has 2 aliphatic rings. The predicted octanol–water partition coefficient (Wildman–Crippen LogP) is 1.53. The van der Waals surface area contributed by atoms with Crippen molar-refractivity contribution in [3.05, 3.63) is 35.4 Å². The number of nitrogens with one attached hydrogen (secondary N) is 1. The van der Waals surface area contributed by atoms with Crippen molar-refractivity contribution in [2.24, 2.45) is 17.6 Å². The highest BCUT2D eigenvalue weighted by atomic mass is 16.3. The molecule has 0 unspecified atom stereocenters.